The highest BCUT2D eigenvalue weighted by Gasteiger charge is 2.27. The van der Waals surface area contributed by atoms with E-state index in [0.717, 1.165) is 10.0 Å². The number of benzene rings is 2. The van der Waals surface area contributed by atoms with Crippen LogP contribution in [0, 0.1) is 0 Å². The second-order valence-electron chi connectivity index (χ2n) is 5.02. The number of fused-ring (bicyclic) bond motifs is 1. The predicted octanol–water partition coefficient (Wildman–Crippen LogP) is 3.62. The summed E-state index contributed by atoms with van der Waals surface area (Å²) in [6, 6.07) is 12.4. The molecule has 0 amide bonds. The van der Waals surface area contributed by atoms with Gasteiger partial charge >= 0.3 is 5.97 Å². The molecule has 2 aromatic carbocycles. The Morgan fingerprint density at radius 2 is 2.08 bits per heavy atom. The Bertz CT molecular complexity index is 841. The second kappa shape index (κ2) is 6.88. The average molecular weight is 389 g/mol. The Labute approximate surface area is 147 Å². The molecular formula is C18H13BrO5. The molecule has 0 saturated heterocycles. The first-order valence-electron chi connectivity index (χ1n) is 7.10. The van der Waals surface area contributed by atoms with Crippen LogP contribution in [0.15, 0.2) is 52.7 Å². The molecule has 0 aromatic heterocycles. The van der Waals surface area contributed by atoms with Gasteiger partial charge in [0, 0.05) is 10.5 Å². The summed E-state index contributed by atoms with van der Waals surface area (Å²) in [4.78, 5) is 23.5. The normalized spacial score (nSPS) is 14.2. The molecule has 1 heterocycles. The summed E-state index contributed by atoms with van der Waals surface area (Å²) in [5.74, 6) is 0.403. The van der Waals surface area contributed by atoms with Gasteiger partial charge in [0.2, 0.25) is 5.78 Å². The molecule has 0 aliphatic carbocycles. The zero-order valence-corrected chi connectivity index (χ0v) is 14.3. The van der Waals surface area contributed by atoms with E-state index < -0.39 is 5.97 Å². The van der Waals surface area contributed by atoms with E-state index in [9.17, 15) is 9.59 Å². The summed E-state index contributed by atoms with van der Waals surface area (Å²) < 4.78 is 16.4. The fraction of sp³-hybridized carbons (Fsp3) is 0.111. The molecule has 0 radical (unpaired) electrons. The van der Waals surface area contributed by atoms with Crippen LogP contribution >= 0.6 is 15.9 Å². The van der Waals surface area contributed by atoms with Crippen LogP contribution in [-0.4, -0.2) is 25.5 Å². The predicted molar refractivity (Wildman–Crippen MR) is 91.0 cm³/mol. The third-order valence-corrected chi connectivity index (χ3v) is 3.87. The first-order valence-corrected chi connectivity index (χ1v) is 7.89. The third kappa shape index (κ3) is 3.49. The molecule has 0 fully saturated rings. The number of allylic oxidation sites excluding steroid dienone is 1. The lowest BCUT2D eigenvalue weighted by Crippen LogP contribution is -2.12. The number of carbonyl (C=O) groups excluding carboxylic acids is 2. The highest BCUT2D eigenvalue weighted by Crippen LogP contribution is 2.35. The molecule has 0 N–H and O–H groups in total. The van der Waals surface area contributed by atoms with E-state index in [1.807, 2.05) is 24.3 Å². The highest BCUT2D eigenvalue weighted by atomic mass is 79.9. The Morgan fingerprint density at radius 3 is 2.83 bits per heavy atom. The van der Waals surface area contributed by atoms with E-state index in [4.69, 9.17) is 9.47 Å². The molecular weight excluding hydrogens is 376 g/mol. The maximum absolute atomic E-state index is 12.4. The van der Waals surface area contributed by atoms with Gasteiger partial charge in [0.25, 0.3) is 0 Å². The summed E-state index contributed by atoms with van der Waals surface area (Å²) >= 11 is 3.39. The van der Waals surface area contributed by atoms with Crippen molar-refractivity contribution < 1.29 is 23.8 Å². The van der Waals surface area contributed by atoms with Crippen LogP contribution in [0.25, 0.3) is 6.08 Å². The van der Waals surface area contributed by atoms with Gasteiger partial charge < -0.3 is 14.2 Å². The van der Waals surface area contributed by atoms with Crippen LogP contribution in [0.4, 0.5) is 0 Å². The van der Waals surface area contributed by atoms with Crippen LogP contribution in [0.3, 0.4) is 0 Å². The summed E-state index contributed by atoms with van der Waals surface area (Å²) in [6.07, 6.45) is 1.68. The van der Waals surface area contributed by atoms with Crippen molar-refractivity contribution in [2.75, 3.05) is 13.7 Å². The van der Waals surface area contributed by atoms with Crippen molar-refractivity contribution in [2.24, 2.45) is 0 Å². The van der Waals surface area contributed by atoms with Crippen molar-refractivity contribution in [3.63, 3.8) is 0 Å². The number of ether oxygens (including phenoxy) is 3. The number of hydrogen-bond acceptors (Lipinski definition) is 5. The smallest absolute Gasteiger partial charge is 0.343 e. The monoisotopic (exact) mass is 388 g/mol. The average Bonchev–Trinajstić information content (AvgIpc) is 2.88. The fourth-order valence-corrected chi connectivity index (χ4v) is 2.62. The molecule has 0 atom stereocenters. The second-order valence-corrected chi connectivity index (χ2v) is 5.93. The Morgan fingerprint density at radius 1 is 1.25 bits per heavy atom. The van der Waals surface area contributed by atoms with E-state index in [0.29, 0.717) is 17.1 Å². The largest absolute Gasteiger partial charge is 0.482 e. The van der Waals surface area contributed by atoms with Gasteiger partial charge in [0.1, 0.15) is 11.5 Å². The first kappa shape index (κ1) is 16.3. The van der Waals surface area contributed by atoms with E-state index in [-0.39, 0.29) is 18.1 Å². The molecule has 24 heavy (non-hydrogen) atoms. The van der Waals surface area contributed by atoms with Crippen molar-refractivity contribution in [3.8, 4) is 11.5 Å². The van der Waals surface area contributed by atoms with Gasteiger partial charge in [-0.2, -0.15) is 0 Å². The minimum atomic E-state index is -0.484. The number of esters is 1. The van der Waals surface area contributed by atoms with Crippen LogP contribution in [-0.2, 0) is 9.53 Å². The van der Waals surface area contributed by atoms with Gasteiger partial charge in [-0.25, -0.2) is 4.79 Å². The summed E-state index contributed by atoms with van der Waals surface area (Å²) in [7, 11) is 1.29. The molecule has 122 valence electrons. The Hall–Kier alpha value is -2.60. The quantitative estimate of drug-likeness (QED) is 0.591. The summed E-state index contributed by atoms with van der Waals surface area (Å²) in [6.45, 7) is -0.204. The molecule has 0 unspecified atom stereocenters. The maximum atomic E-state index is 12.4. The van der Waals surface area contributed by atoms with Crippen LogP contribution in [0.1, 0.15) is 15.9 Å². The van der Waals surface area contributed by atoms with Gasteiger partial charge in [0.05, 0.1) is 12.7 Å². The molecule has 0 saturated carbocycles. The maximum Gasteiger partial charge on any atom is 0.343 e. The molecule has 0 spiro atoms. The number of hydrogen-bond donors (Lipinski definition) is 0. The van der Waals surface area contributed by atoms with E-state index >= 15 is 0 Å². The fourth-order valence-electron chi connectivity index (χ4n) is 2.21. The number of ketones is 1. The zero-order chi connectivity index (χ0) is 17.1. The van der Waals surface area contributed by atoms with Crippen molar-refractivity contribution >= 4 is 33.8 Å². The van der Waals surface area contributed by atoms with Crippen molar-refractivity contribution in [1.82, 2.24) is 0 Å². The van der Waals surface area contributed by atoms with Gasteiger partial charge in [-0.15, -0.1) is 0 Å². The molecule has 1 aliphatic heterocycles. The standard InChI is InChI=1S/C18H13BrO5/c1-22-17(20)10-23-13-5-6-14-15(9-13)24-16(18(14)21)8-11-3-2-4-12(19)7-11/h2-9H,10H2,1H3. The summed E-state index contributed by atoms with van der Waals surface area (Å²) in [5.41, 5.74) is 1.31. The number of carbonyl (C=O) groups is 2. The molecule has 2 aromatic rings. The van der Waals surface area contributed by atoms with E-state index in [2.05, 4.69) is 20.7 Å². The van der Waals surface area contributed by atoms with Gasteiger partial charge in [-0.3, -0.25) is 4.79 Å². The lowest BCUT2D eigenvalue weighted by Gasteiger charge is -2.05. The first-order chi connectivity index (χ1) is 11.6. The topological polar surface area (TPSA) is 61.8 Å². The minimum absolute atomic E-state index is 0.190. The third-order valence-electron chi connectivity index (χ3n) is 3.37. The minimum Gasteiger partial charge on any atom is -0.482 e. The zero-order valence-electron chi connectivity index (χ0n) is 12.7. The molecule has 1 aliphatic rings. The van der Waals surface area contributed by atoms with Gasteiger partial charge in [-0.1, -0.05) is 28.1 Å². The highest BCUT2D eigenvalue weighted by molar-refractivity contribution is 9.10. The SMILES string of the molecule is COC(=O)COc1ccc2c(c1)OC(=Cc1cccc(Br)c1)C2=O. The molecule has 3 rings (SSSR count). The summed E-state index contributed by atoms with van der Waals surface area (Å²) in [5, 5.41) is 0. The molecule has 6 heteroatoms. The number of halogens is 1. The van der Waals surface area contributed by atoms with E-state index in [1.165, 1.54) is 7.11 Å². The lowest BCUT2D eigenvalue weighted by molar-refractivity contribution is -0.142. The molecule has 5 nitrogen and oxygen atoms in total. The number of rotatable bonds is 4. The number of Topliss-reactive ketones (excluding diaryl/α,β-unsaturated/α-hetero) is 1. The van der Waals surface area contributed by atoms with Crippen LogP contribution in [0.2, 0.25) is 0 Å². The Balaban J connectivity index is 1.81. The van der Waals surface area contributed by atoms with E-state index in [1.54, 1.807) is 24.3 Å². The van der Waals surface area contributed by atoms with Crippen molar-refractivity contribution in [2.45, 2.75) is 0 Å². The van der Waals surface area contributed by atoms with Crippen molar-refractivity contribution in [1.29, 1.82) is 0 Å². The van der Waals surface area contributed by atoms with Crippen molar-refractivity contribution in [3.05, 3.63) is 63.8 Å². The number of methoxy groups -OCH3 is 1. The van der Waals surface area contributed by atoms with Crippen LogP contribution in [0.5, 0.6) is 11.5 Å². The Kier molecular flexibility index (Phi) is 4.66. The van der Waals surface area contributed by atoms with Crippen LogP contribution < -0.4 is 9.47 Å². The van der Waals surface area contributed by atoms with Gasteiger partial charge in [0.15, 0.2) is 12.4 Å². The van der Waals surface area contributed by atoms with Gasteiger partial charge in [-0.05, 0) is 35.9 Å². The molecule has 0 bridgehead atoms. The lowest BCUT2D eigenvalue weighted by atomic mass is 10.1.